The van der Waals surface area contributed by atoms with Crippen LogP contribution in [0.25, 0.3) is 0 Å². The second-order valence-corrected chi connectivity index (χ2v) is 7.09. The standard InChI is InChI=1S/C20H23N3O2/c24-19-13-17-7-4-8-18(17)21-23(19)14-15-9-11-22(12-10-15)20(25)16-5-2-1-3-6-16/h1-3,5-6,13,15H,4,7-12,14H2. The Morgan fingerprint density at radius 3 is 2.64 bits per heavy atom. The molecule has 2 aromatic rings. The zero-order valence-electron chi connectivity index (χ0n) is 14.4. The van der Waals surface area contributed by atoms with Gasteiger partial charge in [-0.15, -0.1) is 0 Å². The van der Waals surface area contributed by atoms with Gasteiger partial charge in [0.25, 0.3) is 11.5 Å². The Bertz CT molecular complexity index is 821. The SMILES string of the molecule is O=C(c1ccccc1)N1CCC(Cn2nc3c(cc2=O)CCC3)CC1. The number of benzene rings is 1. The summed E-state index contributed by atoms with van der Waals surface area (Å²) in [4.78, 5) is 26.7. The number of amides is 1. The Morgan fingerprint density at radius 1 is 1.12 bits per heavy atom. The number of hydrogen-bond donors (Lipinski definition) is 0. The first kappa shape index (κ1) is 16.1. The summed E-state index contributed by atoms with van der Waals surface area (Å²) in [5, 5.41) is 4.57. The van der Waals surface area contributed by atoms with Crippen LogP contribution in [0.3, 0.4) is 0 Å². The summed E-state index contributed by atoms with van der Waals surface area (Å²) in [6.07, 6.45) is 4.91. The summed E-state index contributed by atoms with van der Waals surface area (Å²) >= 11 is 0. The number of hydrogen-bond acceptors (Lipinski definition) is 3. The van der Waals surface area contributed by atoms with Gasteiger partial charge in [-0.05, 0) is 55.7 Å². The zero-order valence-corrected chi connectivity index (χ0v) is 14.4. The van der Waals surface area contributed by atoms with Crippen molar-refractivity contribution in [3.8, 4) is 0 Å². The molecule has 0 saturated carbocycles. The molecule has 0 unspecified atom stereocenters. The van der Waals surface area contributed by atoms with Gasteiger partial charge in [0.05, 0.1) is 5.69 Å². The van der Waals surface area contributed by atoms with E-state index < -0.39 is 0 Å². The molecule has 0 bridgehead atoms. The van der Waals surface area contributed by atoms with Crippen molar-refractivity contribution in [1.82, 2.24) is 14.7 Å². The number of likely N-dealkylation sites (tertiary alicyclic amines) is 1. The molecule has 5 nitrogen and oxygen atoms in total. The topological polar surface area (TPSA) is 55.2 Å². The first-order chi connectivity index (χ1) is 12.2. The molecule has 0 spiro atoms. The third-order valence-corrected chi connectivity index (χ3v) is 5.38. The number of carbonyl (C=O) groups excluding carboxylic acids is 1. The Morgan fingerprint density at radius 2 is 1.88 bits per heavy atom. The summed E-state index contributed by atoms with van der Waals surface area (Å²) in [5.41, 5.74) is 2.99. The number of piperidine rings is 1. The van der Waals surface area contributed by atoms with Crippen LogP contribution < -0.4 is 5.56 Å². The van der Waals surface area contributed by atoms with Gasteiger partial charge in [0.15, 0.2) is 0 Å². The summed E-state index contributed by atoms with van der Waals surface area (Å²) in [7, 11) is 0. The summed E-state index contributed by atoms with van der Waals surface area (Å²) in [6, 6.07) is 11.2. The van der Waals surface area contributed by atoms with Crippen LogP contribution in [0.5, 0.6) is 0 Å². The molecular formula is C20H23N3O2. The second kappa shape index (κ2) is 6.82. The van der Waals surface area contributed by atoms with Crippen LogP contribution in [-0.2, 0) is 19.4 Å². The Balaban J connectivity index is 1.38. The van der Waals surface area contributed by atoms with Gasteiger partial charge in [0, 0.05) is 31.3 Å². The fourth-order valence-electron chi connectivity index (χ4n) is 3.90. The molecule has 1 aromatic carbocycles. The molecule has 0 atom stereocenters. The lowest BCUT2D eigenvalue weighted by Crippen LogP contribution is -2.40. The monoisotopic (exact) mass is 337 g/mol. The van der Waals surface area contributed by atoms with Crippen molar-refractivity contribution in [3.63, 3.8) is 0 Å². The largest absolute Gasteiger partial charge is 0.339 e. The van der Waals surface area contributed by atoms with Crippen molar-refractivity contribution >= 4 is 5.91 Å². The first-order valence-corrected chi connectivity index (χ1v) is 9.15. The number of fused-ring (bicyclic) bond motifs is 1. The quantitative estimate of drug-likeness (QED) is 0.863. The maximum absolute atomic E-state index is 12.5. The third-order valence-electron chi connectivity index (χ3n) is 5.38. The van der Waals surface area contributed by atoms with Crippen molar-refractivity contribution < 1.29 is 4.79 Å². The lowest BCUT2D eigenvalue weighted by atomic mass is 9.96. The van der Waals surface area contributed by atoms with Gasteiger partial charge in [-0.1, -0.05) is 18.2 Å². The third kappa shape index (κ3) is 3.36. The van der Waals surface area contributed by atoms with E-state index in [4.69, 9.17) is 0 Å². The van der Waals surface area contributed by atoms with Crippen molar-refractivity contribution in [2.75, 3.05) is 13.1 Å². The minimum Gasteiger partial charge on any atom is -0.339 e. The van der Waals surface area contributed by atoms with Crippen LogP contribution in [0.2, 0.25) is 0 Å². The fourth-order valence-corrected chi connectivity index (χ4v) is 3.90. The van der Waals surface area contributed by atoms with E-state index >= 15 is 0 Å². The highest BCUT2D eigenvalue weighted by Gasteiger charge is 2.25. The molecule has 1 aliphatic carbocycles. The van der Waals surface area contributed by atoms with Crippen LogP contribution >= 0.6 is 0 Å². The Kier molecular flexibility index (Phi) is 4.38. The van der Waals surface area contributed by atoms with E-state index in [1.165, 1.54) is 0 Å². The van der Waals surface area contributed by atoms with Crippen molar-refractivity contribution in [1.29, 1.82) is 0 Å². The summed E-state index contributed by atoms with van der Waals surface area (Å²) < 4.78 is 1.64. The predicted molar refractivity (Wildman–Crippen MR) is 95.6 cm³/mol. The maximum atomic E-state index is 12.5. The van der Waals surface area contributed by atoms with Gasteiger partial charge in [-0.25, -0.2) is 4.68 Å². The molecule has 1 aromatic heterocycles. The van der Waals surface area contributed by atoms with Crippen molar-refractivity contribution in [2.24, 2.45) is 5.92 Å². The smallest absolute Gasteiger partial charge is 0.267 e. The fraction of sp³-hybridized carbons (Fsp3) is 0.450. The minimum atomic E-state index is 0.0171. The molecule has 25 heavy (non-hydrogen) atoms. The molecule has 1 amide bonds. The van der Waals surface area contributed by atoms with E-state index in [2.05, 4.69) is 5.10 Å². The Labute approximate surface area is 147 Å². The molecular weight excluding hydrogens is 314 g/mol. The molecule has 4 rings (SSSR count). The molecule has 0 radical (unpaired) electrons. The van der Waals surface area contributed by atoms with Gasteiger partial charge < -0.3 is 4.90 Å². The highest BCUT2D eigenvalue weighted by Crippen LogP contribution is 2.21. The van der Waals surface area contributed by atoms with Crippen LogP contribution in [0.15, 0.2) is 41.2 Å². The van der Waals surface area contributed by atoms with E-state index in [9.17, 15) is 9.59 Å². The first-order valence-electron chi connectivity index (χ1n) is 9.15. The lowest BCUT2D eigenvalue weighted by Gasteiger charge is -2.32. The zero-order chi connectivity index (χ0) is 17.2. The second-order valence-electron chi connectivity index (χ2n) is 7.09. The number of aryl methyl sites for hydroxylation is 2. The number of nitrogens with zero attached hydrogens (tertiary/aromatic N) is 3. The average Bonchev–Trinajstić information content (AvgIpc) is 3.10. The number of aromatic nitrogens is 2. The summed E-state index contributed by atoms with van der Waals surface area (Å²) in [6.45, 7) is 2.16. The number of carbonyl (C=O) groups is 1. The molecule has 1 aliphatic heterocycles. The molecule has 1 fully saturated rings. The van der Waals surface area contributed by atoms with Crippen molar-refractivity contribution in [2.45, 2.75) is 38.6 Å². The minimum absolute atomic E-state index is 0.0171. The average molecular weight is 337 g/mol. The molecule has 130 valence electrons. The van der Waals surface area contributed by atoms with E-state index in [0.29, 0.717) is 12.5 Å². The van der Waals surface area contributed by atoms with E-state index in [1.807, 2.05) is 35.2 Å². The predicted octanol–water partition coefficient (Wildman–Crippen LogP) is 2.28. The highest BCUT2D eigenvalue weighted by atomic mass is 16.2. The highest BCUT2D eigenvalue weighted by molar-refractivity contribution is 5.94. The van der Waals surface area contributed by atoms with Crippen LogP contribution in [-0.4, -0.2) is 33.7 Å². The van der Waals surface area contributed by atoms with Crippen LogP contribution in [0.4, 0.5) is 0 Å². The Hall–Kier alpha value is -2.43. The van der Waals surface area contributed by atoms with Gasteiger partial charge in [0.1, 0.15) is 0 Å². The van der Waals surface area contributed by atoms with Gasteiger partial charge in [-0.3, -0.25) is 9.59 Å². The van der Waals surface area contributed by atoms with E-state index in [0.717, 1.165) is 62.0 Å². The van der Waals surface area contributed by atoms with Gasteiger partial charge in [-0.2, -0.15) is 5.10 Å². The van der Waals surface area contributed by atoms with E-state index in [-0.39, 0.29) is 11.5 Å². The number of rotatable bonds is 3. The normalized spacial score (nSPS) is 17.5. The molecule has 1 saturated heterocycles. The molecule has 2 aliphatic rings. The van der Waals surface area contributed by atoms with Crippen LogP contribution in [0, 0.1) is 5.92 Å². The molecule has 2 heterocycles. The van der Waals surface area contributed by atoms with Crippen LogP contribution in [0.1, 0.15) is 40.9 Å². The maximum Gasteiger partial charge on any atom is 0.267 e. The molecule has 5 heteroatoms. The van der Waals surface area contributed by atoms with Gasteiger partial charge >= 0.3 is 0 Å². The molecule has 0 N–H and O–H groups in total. The van der Waals surface area contributed by atoms with Gasteiger partial charge in [0.2, 0.25) is 0 Å². The van der Waals surface area contributed by atoms with E-state index in [1.54, 1.807) is 10.7 Å². The lowest BCUT2D eigenvalue weighted by molar-refractivity contribution is 0.0680. The summed E-state index contributed by atoms with van der Waals surface area (Å²) in [5.74, 6) is 0.511. The van der Waals surface area contributed by atoms with Crippen molar-refractivity contribution in [3.05, 3.63) is 63.6 Å².